The van der Waals surface area contributed by atoms with Gasteiger partial charge in [-0.1, -0.05) is 13.8 Å². The molecule has 0 saturated carbocycles. The predicted octanol–water partition coefficient (Wildman–Crippen LogP) is 1.65. The zero-order valence-electron chi connectivity index (χ0n) is 12.0. The number of rotatable bonds is 9. The number of hydrogen-bond acceptors (Lipinski definition) is 4. The maximum Gasteiger partial charge on any atom is 0.325 e. The second-order valence-corrected chi connectivity index (χ2v) is 4.71. The molecular weight excluding hydrogens is 216 g/mol. The molecule has 0 fully saturated rings. The van der Waals surface area contributed by atoms with Crippen LogP contribution in [0.5, 0.6) is 0 Å². The highest BCUT2D eigenvalue weighted by Crippen LogP contribution is 2.15. The fraction of sp³-hybridized carbons (Fsp3) is 0.923. The van der Waals surface area contributed by atoms with E-state index in [2.05, 4.69) is 24.2 Å². The third kappa shape index (κ3) is 6.03. The molecule has 0 aliphatic carbocycles. The van der Waals surface area contributed by atoms with Gasteiger partial charge in [0, 0.05) is 0 Å². The fourth-order valence-electron chi connectivity index (χ4n) is 1.90. The Kier molecular flexibility index (Phi) is 8.17. The smallest absolute Gasteiger partial charge is 0.325 e. The van der Waals surface area contributed by atoms with Crippen LogP contribution in [0, 0.1) is 0 Å². The Labute approximate surface area is 106 Å². The summed E-state index contributed by atoms with van der Waals surface area (Å²) in [6.07, 6.45) is 2.97. The van der Waals surface area contributed by atoms with Crippen molar-refractivity contribution in [3.63, 3.8) is 0 Å². The number of hydrogen-bond donors (Lipinski definition) is 1. The van der Waals surface area contributed by atoms with Gasteiger partial charge in [0.15, 0.2) is 0 Å². The largest absolute Gasteiger partial charge is 0.468 e. The molecular formula is C13H28N2O2. The van der Waals surface area contributed by atoms with Crippen LogP contribution in [0.3, 0.4) is 0 Å². The Morgan fingerprint density at radius 3 is 2.47 bits per heavy atom. The molecule has 0 rings (SSSR count). The van der Waals surface area contributed by atoms with E-state index in [1.165, 1.54) is 7.11 Å². The molecule has 0 radical (unpaired) electrons. The van der Waals surface area contributed by atoms with E-state index in [9.17, 15) is 4.79 Å². The molecule has 4 heteroatoms. The first kappa shape index (κ1) is 16.4. The van der Waals surface area contributed by atoms with Crippen molar-refractivity contribution in [3.05, 3.63) is 0 Å². The zero-order chi connectivity index (χ0) is 13.3. The van der Waals surface area contributed by atoms with E-state index in [-0.39, 0.29) is 5.97 Å². The molecule has 1 N–H and O–H groups in total. The van der Waals surface area contributed by atoms with Gasteiger partial charge in [-0.3, -0.25) is 4.79 Å². The van der Waals surface area contributed by atoms with Crippen LogP contribution < -0.4 is 5.32 Å². The van der Waals surface area contributed by atoms with Crippen LogP contribution in [-0.4, -0.2) is 50.2 Å². The Morgan fingerprint density at radius 2 is 2.00 bits per heavy atom. The lowest BCUT2D eigenvalue weighted by atomic mass is 9.94. The molecule has 1 unspecified atom stereocenters. The van der Waals surface area contributed by atoms with Gasteiger partial charge in [-0.25, -0.2) is 0 Å². The number of carbonyl (C=O) groups is 1. The maximum atomic E-state index is 11.7. The molecule has 0 spiro atoms. The van der Waals surface area contributed by atoms with Crippen LogP contribution >= 0.6 is 0 Å². The normalized spacial score (nSPS) is 14.7. The molecule has 0 heterocycles. The van der Waals surface area contributed by atoms with Crippen molar-refractivity contribution in [3.8, 4) is 0 Å². The van der Waals surface area contributed by atoms with Gasteiger partial charge in [0.1, 0.15) is 5.54 Å². The fourth-order valence-corrected chi connectivity index (χ4v) is 1.90. The first-order valence-electron chi connectivity index (χ1n) is 6.52. The summed E-state index contributed by atoms with van der Waals surface area (Å²) in [5.41, 5.74) is -0.533. The van der Waals surface area contributed by atoms with Gasteiger partial charge in [0.25, 0.3) is 0 Å². The second kappa shape index (κ2) is 8.48. The molecule has 4 nitrogen and oxygen atoms in total. The summed E-state index contributed by atoms with van der Waals surface area (Å²) in [4.78, 5) is 14.0. The second-order valence-electron chi connectivity index (χ2n) is 4.71. The molecule has 17 heavy (non-hydrogen) atoms. The highest BCUT2D eigenvalue weighted by atomic mass is 16.5. The quantitative estimate of drug-likeness (QED) is 0.494. The van der Waals surface area contributed by atoms with Crippen LogP contribution in [-0.2, 0) is 9.53 Å². The lowest BCUT2D eigenvalue weighted by Gasteiger charge is -2.27. The van der Waals surface area contributed by atoms with Gasteiger partial charge in [-0.2, -0.15) is 0 Å². The first-order valence-corrected chi connectivity index (χ1v) is 6.52. The van der Waals surface area contributed by atoms with E-state index in [1.807, 2.05) is 13.8 Å². The predicted molar refractivity (Wildman–Crippen MR) is 71.1 cm³/mol. The van der Waals surface area contributed by atoms with Gasteiger partial charge in [-0.15, -0.1) is 0 Å². The van der Waals surface area contributed by atoms with E-state index >= 15 is 0 Å². The third-order valence-electron chi connectivity index (χ3n) is 3.21. The van der Waals surface area contributed by atoms with Crippen molar-refractivity contribution in [2.45, 2.75) is 45.6 Å². The molecule has 0 saturated heterocycles. The Hall–Kier alpha value is -0.610. The Bertz CT molecular complexity index is 221. The van der Waals surface area contributed by atoms with Crippen LogP contribution in [0.2, 0.25) is 0 Å². The monoisotopic (exact) mass is 244 g/mol. The standard InChI is InChI=1S/C13H28N2O2/c1-6-14-13(3,12(16)17-5)10-8-9-11-15(4)7-2/h14H,6-11H2,1-5H3. The van der Waals surface area contributed by atoms with Crippen LogP contribution in [0.15, 0.2) is 0 Å². The highest BCUT2D eigenvalue weighted by molar-refractivity contribution is 5.80. The summed E-state index contributed by atoms with van der Waals surface area (Å²) in [5.74, 6) is -0.164. The molecule has 0 aromatic carbocycles. The SMILES string of the molecule is CCNC(C)(CCCCN(C)CC)C(=O)OC. The lowest BCUT2D eigenvalue weighted by Crippen LogP contribution is -2.50. The van der Waals surface area contributed by atoms with Crippen LogP contribution in [0.25, 0.3) is 0 Å². The first-order chi connectivity index (χ1) is 8.00. The molecule has 0 aliphatic rings. The van der Waals surface area contributed by atoms with E-state index < -0.39 is 5.54 Å². The number of carbonyl (C=O) groups excluding carboxylic acids is 1. The number of methoxy groups -OCH3 is 1. The number of unbranched alkanes of at least 4 members (excludes halogenated alkanes) is 1. The molecule has 1 atom stereocenters. The van der Waals surface area contributed by atoms with E-state index in [0.29, 0.717) is 0 Å². The summed E-state index contributed by atoms with van der Waals surface area (Å²) in [6, 6.07) is 0. The van der Waals surface area contributed by atoms with Crippen molar-refractivity contribution in [1.29, 1.82) is 0 Å². The third-order valence-corrected chi connectivity index (χ3v) is 3.21. The van der Waals surface area contributed by atoms with Crippen molar-refractivity contribution < 1.29 is 9.53 Å². The average Bonchev–Trinajstić information content (AvgIpc) is 2.33. The van der Waals surface area contributed by atoms with Crippen molar-refractivity contribution in [1.82, 2.24) is 10.2 Å². The highest BCUT2D eigenvalue weighted by Gasteiger charge is 2.32. The Morgan fingerprint density at radius 1 is 1.35 bits per heavy atom. The molecule has 0 aromatic heterocycles. The minimum absolute atomic E-state index is 0.164. The average molecular weight is 244 g/mol. The van der Waals surface area contributed by atoms with Crippen molar-refractivity contribution in [2.24, 2.45) is 0 Å². The van der Waals surface area contributed by atoms with Gasteiger partial charge in [0.05, 0.1) is 7.11 Å². The van der Waals surface area contributed by atoms with Gasteiger partial charge >= 0.3 is 5.97 Å². The number of esters is 1. The van der Waals surface area contributed by atoms with E-state index in [4.69, 9.17) is 4.74 Å². The zero-order valence-corrected chi connectivity index (χ0v) is 12.0. The summed E-state index contributed by atoms with van der Waals surface area (Å²) in [7, 11) is 3.56. The molecule has 0 aliphatic heterocycles. The molecule has 0 amide bonds. The molecule has 0 aromatic rings. The molecule has 0 bridgehead atoms. The van der Waals surface area contributed by atoms with Crippen LogP contribution in [0.4, 0.5) is 0 Å². The lowest BCUT2D eigenvalue weighted by molar-refractivity contribution is -0.148. The number of likely N-dealkylation sites (N-methyl/N-ethyl adjacent to an activating group) is 1. The minimum Gasteiger partial charge on any atom is -0.468 e. The van der Waals surface area contributed by atoms with Gasteiger partial charge in [0.2, 0.25) is 0 Å². The number of nitrogens with zero attached hydrogens (tertiary/aromatic N) is 1. The minimum atomic E-state index is -0.533. The van der Waals surface area contributed by atoms with E-state index in [0.717, 1.165) is 38.9 Å². The Balaban J connectivity index is 4.05. The maximum absolute atomic E-state index is 11.7. The van der Waals surface area contributed by atoms with Gasteiger partial charge < -0.3 is 15.0 Å². The van der Waals surface area contributed by atoms with Crippen LogP contribution in [0.1, 0.15) is 40.0 Å². The van der Waals surface area contributed by atoms with Gasteiger partial charge in [-0.05, 0) is 52.9 Å². The summed E-state index contributed by atoms with van der Waals surface area (Å²) in [5, 5.41) is 3.22. The summed E-state index contributed by atoms with van der Waals surface area (Å²) in [6.45, 7) is 9.01. The summed E-state index contributed by atoms with van der Waals surface area (Å²) < 4.78 is 4.86. The summed E-state index contributed by atoms with van der Waals surface area (Å²) >= 11 is 0. The number of nitrogens with one attached hydrogen (secondary N) is 1. The van der Waals surface area contributed by atoms with Crippen molar-refractivity contribution in [2.75, 3.05) is 33.8 Å². The van der Waals surface area contributed by atoms with Crippen molar-refractivity contribution >= 4 is 5.97 Å². The van der Waals surface area contributed by atoms with E-state index in [1.54, 1.807) is 0 Å². The molecule has 102 valence electrons. The number of ether oxygens (including phenoxy) is 1. The topological polar surface area (TPSA) is 41.6 Å².